The van der Waals surface area contributed by atoms with Gasteiger partial charge >= 0.3 is 0 Å². The summed E-state index contributed by atoms with van der Waals surface area (Å²) in [5.74, 6) is 0.620. The maximum atomic E-state index is 11.1. The maximum Gasteiger partial charge on any atom is 0.253 e. The number of hydrogen-bond donors (Lipinski definition) is 1. The molecule has 0 amide bonds. The molecule has 0 spiro atoms. The van der Waals surface area contributed by atoms with Gasteiger partial charge in [-0.25, -0.2) is 4.98 Å². The van der Waals surface area contributed by atoms with E-state index in [1.807, 2.05) is 0 Å². The predicted molar refractivity (Wildman–Crippen MR) is 42.1 cm³/mol. The van der Waals surface area contributed by atoms with Gasteiger partial charge in [-0.2, -0.15) is 0 Å². The highest BCUT2D eigenvalue weighted by Crippen LogP contribution is 1.90. The van der Waals surface area contributed by atoms with E-state index >= 15 is 0 Å². The van der Waals surface area contributed by atoms with Crippen LogP contribution in [-0.4, -0.2) is 9.55 Å². The first-order chi connectivity index (χ1) is 5.15. The minimum Gasteiger partial charge on any atom is -0.324 e. The number of nitrogens with two attached hydrogens (primary N) is 1. The van der Waals surface area contributed by atoms with Crippen LogP contribution in [-0.2, 0) is 13.6 Å². The number of rotatable bonds is 1. The molecule has 1 aromatic rings. The Balaban J connectivity index is 3.36. The van der Waals surface area contributed by atoms with E-state index in [-0.39, 0.29) is 5.56 Å². The molecule has 0 aromatic carbocycles. The lowest BCUT2D eigenvalue weighted by Gasteiger charge is -2.03. The summed E-state index contributed by atoms with van der Waals surface area (Å²) in [5.41, 5.74) is 6.02. The van der Waals surface area contributed by atoms with Gasteiger partial charge in [-0.1, -0.05) is 0 Å². The normalized spacial score (nSPS) is 10.1. The maximum absolute atomic E-state index is 11.1. The first kappa shape index (κ1) is 7.94. The van der Waals surface area contributed by atoms with Crippen molar-refractivity contribution in [2.45, 2.75) is 13.5 Å². The van der Waals surface area contributed by atoms with Crippen molar-refractivity contribution in [3.8, 4) is 0 Å². The Kier molecular flexibility index (Phi) is 2.05. The van der Waals surface area contributed by atoms with Gasteiger partial charge < -0.3 is 5.73 Å². The molecule has 0 saturated carbocycles. The quantitative estimate of drug-likeness (QED) is 0.594. The van der Waals surface area contributed by atoms with Crippen molar-refractivity contribution in [1.82, 2.24) is 9.55 Å². The molecule has 0 atom stereocenters. The molecule has 2 N–H and O–H groups in total. The molecule has 11 heavy (non-hydrogen) atoms. The Morgan fingerprint density at radius 2 is 2.36 bits per heavy atom. The van der Waals surface area contributed by atoms with Crippen LogP contribution >= 0.6 is 0 Å². The molecular formula is C7H11N3O. The highest BCUT2D eigenvalue weighted by molar-refractivity contribution is 5.01. The fourth-order valence-corrected chi connectivity index (χ4v) is 0.896. The molecule has 60 valence electrons. The highest BCUT2D eigenvalue weighted by Gasteiger charge is 1.99. The summed E-state index contributed by atoms with van der Waals surface area (Å²) in [4.78, 5) is 15.2. The van der Waals surface area contributed by atoms with E-state index in [1.165, 1.54) is 10.6 Å². The smallest absolute Gasteiger partial charge is 0.253 e. The van der Waals surface area contributed by atoms with E-state index in [4.69, 9.17) is 5.73 Å². The SMILES string of the molecule is Cc1cc(=O)n(C)c(CN)n1. The Morgan fingerprint density at radius 1 is 1.73 bits per heavy atom. The monoisotopic (exact) mass is 153 g/mol. The van der Waals surface area contributed by atoms with Crippen LogP contribution in [0.4, 0.5) is 0 Å². The summed E-state index contributed by atoms with van der Waals surface area (Å²) in [6, 6.07) is 1.49. The van der Waals surface area contributed by atoms with Gasteiger partial charge in [0.25, 0.3) is 5.56 Å². The van der Waals surface area contributed by atoms with Crippen LogP contribution in [0.25, 0.3) is 0 Å². The van der Waals surface area contributed by atoms with Crippen molar-refractivity contribution >= 4 is 0 Å². The fraction of sp³-hybridized carbons (Fsp3) is 0.429. The zero-order valence-electron chi connectivity index (χ0n) is 6.66. The molecule has 0 radical (unpaired) electrons. The molecule has 0 bridgehead atoms. The lowest BCUT2D eigenvalue weighted by atomic mass is 10.4. The summed E-state index contributed by atoms with van der Waals surface area (Å²) in [7, 11) is 1.66. The molecule has 0 aliphatic heterocycles. The van der Waals surface area contributed by atoms with Crippen LogP contribution in [0, 0.1) is 6.92 Å². The van der Waals surface area contributed by atoms with Crippen LogP contribution < -0.4 is 11.3 Å². The Bertz CT molecular complexity index is 316. The zero-order chi connectivity index (χ0) is 8.43. The van der Waals surface area contributed by atoms with Crippen LogP contribution in [0.1, 0.15) is 11.5 Å². The van der Waals surface area contributed by atoms with Gasteiger partial charge in [0.1, 0.15) is 5.82 Å². The Labute approximate surface area is 64.7 Å². The molecule has 1 aromatic heterocycles. The third kappa shape index (κ3) is 1.46. The lowest BCUT2D eigenvalue weighted by Crippen LogP contribution is -2.23. The third-order valence-corrected chi connectivity index (χ3v) is 1.54. The van der Waals surface area contributed by atoms with Crippen molar-refractivity contribution in [2.75, 3.05) is 0 Å². The molecule has 0 unspecified atom stereocenters. The van der Waals surface area contributed by atoms with Crippen molar-refractivity contribution in [3.05, 3.63) is 27.9 Å². The molecule has 0 aliphatic carbocycles. The van der Waals surface area contributed by atoms with Crippen LogP contribution in [0.5, 0.6) is 0 Å². The van der Waals surface area contributed by atoms with Gasteiger partial charge in [0.15, 0.2) is 0 Å². The number of nitrogens with zero attached hydrogens (tertiary/aromatic N) is 2. The molecular weight excluding hydrogens is 142 g/mol. The summed E-state index contributed by atoms with van der Waals surface area (Å²) < 4.78 is 1.45. The van der Waals surface area contributed by atoms with Crippen molar-refractivity contribution in [1.29, 1.82) is 0 Å². The second kappa shape index (κ2) is 2.84. The van der Waals surface area contributed by atoms with Crippen molar-refractivity contribution in [3.63, 3.8) is 0 Å². The first-order valence-electron chi connectivity index (χ1n) is 3.38. The lowest BCUT2D eigenvalue weighted by molar-refractivity contribution is 0.718. The van der Waals surface area contributed by atoms with Gasteiger partial charge in [-0.15, -0.1) is 0 Å². The van der Waals surface area contributed by atoms with Gasteiger partial charge in [0.05, 0.1) is 6.54 Å². The van der Waals surface area contributed by atoms with Crippen LogP contribution in [0.2, 0.25) is 0 Å². The average Bonchev–Trinajstić information content (AvgIpc) is 1.96. The molecule has 0 saturated heterocycles. The second-order valence-corrected chi connectivity index (χ2v) is 2.42. The summed E-state index contributed by atoms with van der Waals surface area (Å²) in [5, 5.41) is 0. The van der Waals surface area contributed by atoms with E-state index in [2.05, 4.69) is 4.98 Å². The van der Waals surface area contributed by atoms with Crippen LogP contribution in [0.3, 0.4) is 0 Å². The van der Waals surface area contributed by atoms with Gasteiger partial charge in [-0.3, -0.25) is 9.36 Å². The third-order valence-electron chi connectivity index (χ3n) is 1.54. The molecule has 1 heterocycles. The largest absolute Gasteiger partial charge is 0.324 e. The van der Waals surface area contributed by atoms with E-state index in [0.29, 0.717) is 18.1 Å². The van der Waals surface area contributed by atoms with Gasteiger partial charge in [-0.05, 0) is 6.92 Å². The summed E-state index contributed by atoms with van der Waals surface area (Å²) in [6.07, 6.45) is 0. The van der Waals surface area contributed by atoms with E-state index < -0.39 is 0 Å². The standard InChI is InChI=1S/C7H11N3O/c1-5-3-7(11)10(2)6(4-8)9-5/h3H,4,8H2,1-2H3. The van der Waals surface area contributed by atoms with E-state index in [9.17, 15) is 4.79 Å². The summed E-state index contributed by atoms with van der Waals surface area (Å²) >= 11 is 0. The van der Waals surface area contributed by atoms with Gasteiger partial charge in [0.2, 0.25) is 0 Å². The fourth-order valence-electron chi connectivity index (χ4n) is 0.896. The van der Waals surface area contributed by atoms with Crippen LogP contribution in [0.15, 0.2) is 10.9 Å². The molecule has 4 nitrogen and oxygen atoms in total. The number of aromatic nitrogens is 2. The van der Waals surface area contributed by atoms with E-state index in [0.717, 1.165) is 0 Å². The highest BCUT2D eigenvalue weighted by atomic mass is 16.1. The van der Waals surface area contributed by atoms with E-state index in [1.54, 1.807) is 14.0 Å². The zero-order valence-corrected chi connectivity index (χ0v) is 6.66. The molecule has 4 heteroatoms. The Hall–Kier alpha value is -1.16. The topological polar surface area (TPSA) is 60.9 Å². The molecule has 0 fully saturated rings. The average molecular weight is 153 g/mol. The number of aryl methyl sites for hydroxylation is 1. The second-order valence-electron chi connectivity index (χ2n) is 2.42. The van der Waals surface area contributed by atoms with Gasteiger partial charge in [0, 0.05) is 18.8 Å². The molecule has 1 rings (SSSR count). The molecule has 0 aliphatic rings. The summed E-state index contributed by atoms with van der Waals surface area (Å²) in [6.45, 7) is 2.08. The van der Waals surface area contributed by atoms with Crippen molar-refractivity contribution < 1.29 is 0 Å². The number of hydrogen-bond acceptors (Lipinski definition) is 3. The first-order valence-corrected chi connectivity index (χ1v) is 3.38. The predicted octanol–water partition coefficient (Wildman–Crippen LogP) is -0.453. The van der Waals surface area contributed by atoms with Crippen molar-refractivity contribution in [2.24, 2.45) is 12.8 Å². The minimum atomic E-state index is -0.0575. The Morgan fingerprint density at radius 3 is 2.91 bits per heavy atom. The minimum absolute atomic E-state index is 0.0575.